The lowest BCUT2D eigenvalue weighted by Gasteiger charge is -2.20. The molecule has 1 atom stereocenters. The van der Waals surface area contributed by atoms with Crippen molar-refractivity contribution in [1.29, 1.82) is 0 Å². The molecule has 1 heterocycles. The molecule has 2 rings (SSSR count). The molecule has 1 fully saturated rings. The molecule has 0 aromatic heterocycles. The predicted molar refractivity (Wildman–Crippen MR) is 85.0 cm³/mol. The third kappa shape index (κ3) is 5.92. The Bertz CT molecular complexity index is 546. The van der Waals surface area contributed by atoms with Crippen LogP contribution in [0.5, 0.6) is 5.75 Å². The molecule has 0 aliphatic carbocycles. The van der Waals surface area contributed by atoms with E-state index in [9.17, 15) is 18.3 Å². The molecule has 1 saturated heterocycles. The number of benzene rings is 1. The quantitative estimate of drug-likeness (QED) is 0.634. The van der Waals surface area contributed by atoms with Gasteiger partial charge in [-0.15, -0.1) is 13.2 Å². The Labute approximate surface area is 139 Å². The third-order valence-electron chi connectivity index (χ3n) is 3.62. The number of hydrogen-bond acceptors (Lipinski definition) is 3. The molecule has 0 spiro atoms. The summed E-state index contributed by atoms with van der Waals surface area (Å²) in [6, 6.07) is 5.80. The van der Waals surface area contributed by atoms with Crippen molar-refractivity contribution >= 4 is 5.96 Å². The fourth-order valence-corrected chi connectivity index (χ4v) is 2.51. The normalized spacial score (nSPS) is 18.8. The van der Waals surface area contributed by atoms with Crippen molar-refractivity contribution < 1.29 is 23.0 Å². The highest BCUT2D eigenvalue weighted by Gasteiger charge is 2.30. The van der Waals surface area contributed by atoms with Crippen molar-refractivity contribution in [3.8, 4) is 5.75 Å². The minimum Gasteiger partial charge on any atom is -0.406 e. The first kappa shape index (κ1) is 18.4. The zero-order chi connectivity index (χ0) is 17.6. The SMILES string of the molecule is CCNC(=NCCc1ccc(OC(F)(F)F)cc1)N1CC[C@@H](O)C1. The monoisotopic (exact) mass is 345 g/mol. The molecule has 1 aliphatic rings. The average molecular weight is 345 g/mol. The molecular formula is C16H22F3N3O2. The van der Waals surface area contributed by atoms with Crippen LogP contribution in [0.15, 0.2) is 29.3 Å². The van der Waals surface area contributed by atoms with Crippen molar-refractivity contribution in [3.63, 3.8) is 0 Å². The summed E-state index contributed by atoms with van der Waals surface area (Å²) in [5, 5.41) is 12.8. The first-order valence-electron chi connectivity index (χ1n) is 7.93. The highest BCUT2D eigenvalue weighted by atomic mass is 19.4. The number of hydrogen-bond donors (Lipinski definition) is 2. The van der Waals surface area contributed by atoms with Gasteiger partial charge in [-0.2, -0.15) is 0 Å². The Morgan fingerprint density at radius 2 is 2.08 bits per heavy atom. The molecule has 8 heteroatoms. The number of rotatable bonds is 5. The summed E-state index contributed by atoms with van der Waals surface area (Å²) >= 11 is 0. The van der Waals surface area contributed by atoms with Gasteiger partial charge in [0.25, 0.3) is 0 Å². The number of nitrogens with zero attached hydrogens (tertiary/aromatic N) is 2. The number of likely N-dealkylation sites (tertiary alicyclic amines) is 1. The fourth-order valence-electron chi connectivity index (χ4n) is 2.51. The summed E-state index contributed by atoms with van der Waals surface area (Å²) in [4.78, 5) is 6.52. The van der Waals surface area contributed by atoms with Crippen molar-refractivity contribution in [2.24, 2.45) is 4.99 Å². The van der Waals surface area contributed by atoms with E-state index in [-0.39, 0.29) is 11.9 Å². The molecule has 0 saturated carbocycles. The van der Waals surface area contributed by atoms with Crippen LogP contribution in [0.2, 0.25) is 0 Å². The summed E-state index contributed by atoms with van der Waals surface area (Å²) in [6.07, 6.45) is -3.66. The molecule has 134 valence electrons. The lowest BCUT2D eigenvalue weighted by Crippen LogP contribution is -2.40. The van der Waals surface area contributed by atoms with Gasteiger partial charge in [-0.25, -0.2) is 0 Å². The highest BCUT2D eigenvalue weighted by molar-refractivity contribution is 5.80. The predicted octanol–water partition coefficient (Wildman–Crippen LogP) is 2.16. The van der Waals surface area contributed by atoms with Gasteiger partial charge in [0.1, 0.15) is 5.75 Å². The zero-order valence-electron chi connectivity index (χ0n) is 13.5. The minimum atomic E-state index is -4.67. The maximum absolute atomic E-state index is 12.1. The lowest BCUT2D eigenvalue weighted by molar-refractivity contribution is -0.274. The van der Waals surface area contributed by atoms with Crippen molar-refractivity contribution in [2.75, 3.05) is 26.2 Å². The van der Waals surface area contributed by atoms with E-state index in [1.165, 1.54) is 12.1 Å². The molecule has 1 aliphatic heterocycles. The maximum atomic E-state index is 12.1. The number of halogens is 3. The van der Waals surface area contributed by atoms with Crippen LogP contribution in [0.25, 0.3) is 0 Å². The molecule has 0 radical (unpaired) electrons. The van der Waals surface area contributed by atoms with Gasteiger partial charge in [-0.1, -0.05) is 12.1 Å². The Kier molecular flexibility index (Phi) is 6.30. The molecule has 2 N–H and O–H groups in total. The summed E-state index contributed by atoms with van der Waals surface area (Å²) in [5.41, 5.74) is 0.880. The highest BCUT2D eigenvalue weighted by Crippen LogP contribution is 2.22. The minimum absolute atomic E-state index is 0.228. The van der Waals surface area contributed by atoms with E-state index in [2.05, 4.69) is 15.0 Å². The number of guanidine groups is 1. The average Bonchev–Trinajstić information content (AvgIpc) is 2.93. The number of aliphatic imine (C=N–C) groups is 1. The second-order valence-electron chi connectivity index (χ2n) is 5.57. The molecule has 0 bridgehead atoms. The molecule has 0 amide bonds. The van der Waals surface area contributed by atoms with E-state index in [1.807, 2.05) is 11.8 Å². The van der Waals surface area contributed by atoms with Gasteiger partial charge in [0, 0.05) is 26.2 Å². The Morgan fingerprint density at radius 3 is 2.62 bits per heavy atom. The standard InChI is InChI=1S/C16H22F3N3O2/c1-2-20-15(22-10-8-13(23)11-22)21-9-7-12-3-5-14(6-4-12)24-16(17,18)19/h3-6,13,23H,2,7-11H2,1H3,(H,20,21)/t13-/m1/s1. The van der Waals surface area contributed by atoms with Gasteiger partial charge >= 0.3 is 6.36 Å². The Hall–Kier alpha value is -1.96. The van der Waals surface area contributed by atoms with Crippen LogP contribution >= 0.6 is 0 Å². The summed E-state index contributed by atoms with van der Waals surface area (Å²) in [7, 11) is 0. The summed E-state index contributed by atoms with van der Waals surface area (Å²) in [6.45, 7) is 4.54. The van der Waals surface area contributed by atoms with Crippen LogP contribution in [0.1, 0.15) is 18.9 Å². The van der Waals surface area contributed by atoms with E-state index in [0.717, 1.165) is 31.0 Å². The van der Waals surface area contributed by atoms with Gasteiger partial charge < -0.3 is 20.1 Å². The number of nitrogens with one attached hydrogen (secondary N) is 1. The van der Waals surface area contributed by atoms with Gasteiger partial charge in [0.05, 0.1) is 6.10 Å². The second kappa shape index (κ2) is 8.23. The Balaban J connectivity index is 1.88. The number of aliphatic hydroxyl groups is 1. The Morgan fingerprint density at radius 1 is 1.38 bits per heavy atom. The number of aliphatic hydroxyl groups excluding tert-OH is 1. The van der Waals surface area contributed by atoms with E-state index in [0.29, 0.717) is 19.5 Å². The number of ether oxygens (including phenoxy) is 1. The maximum Gasteiger partial charge on any atom is 0.573 e. The molecule has 0 unspecified atom stereocenters. The van der Waals surface area contributed by atoms with Crippen LogP contribution in [-0.2, 0) is 6.42 Å². The van der Waals surface area contributed by atoms with E-state index in [4.69, 9.17) is 0 Å². The van der Waals surface area contributed by atoms with Crippen LogP contribution in [0.4, 0.5) is 13.2 Å². The topological polar surface area (TPSA) is 57.1 Å². The van der Waals surface area contributed by atoms with Crippen LogP contribution in [0, 0.1) is 0 Å². The van der Waals surface area contributed by atoms with Gasteiger partial charge in [-0.05, 0) is 37.5 Å². The smallest absolute Gasteiger partial charge is 0.406 e. The lowest BCUT2D eigenvalue weighted by atomic mass is 10.1. The van der Waals surface area contributed by atoms with Crippen LogP contribution in [-0.4, -0.2) is 54.6 Å². The van der Waals surface area contributed by atoms with E-state index >= 15 is 0 Å². The van der Waals surface area contributed by atoms with Crippen molar-refractivity contribution in [3.05, 3.63) is 29.8 Å². The third-order valence-corrected chi connectivity index (χ3v) is 3.62. The number of alkyl halides is 3. The first-order chi connectivity index (χ1) is 11.4. The zero-order valence-corrected chi connectivity index (χ0v) is 13.5. The van der Waals surface area contributed by atoms with E-state index < -0.39 is 6.36 Å². The largest absolute Gasteiger partial charge is 0.573 e. The fraction of sp³-hybridized carbons (Fsp3) is 0.562. The van der Waals surface area contributed by atoms with Gasteiger partial charge in [-0.3, -0.25) is 4.99 Å². The van der Waals surface area contributed by atoms with Gasteiger partial charge in [0.15, 0.2) is 5.96 Å². The molecule has 1 aromatic rings. The molecule has 5 nitrogen and oxygen atoms in total. The first-order valence-corrected chi connectivity index (χ1v) is 7.93. The second-order valence-corrected chi connectivity index (χ2v) is 5.57. The molecule has 24 heavy (non-hydrogen) atoms. The summed E-state index contributed by atoms with van der Waals surface area (Å²) < 4.78 is 40.2. The number of β-amino-alcohol motifs (C(OH)–C–C–N with tert-alkyl or cyclic N) is 1. The summed E-state index contributed by atoms with van der Waals surface area (Å²) in [5.74, 6) is 0.528. The van der Waals surface area contributed by atoms with Crippen LogP contribution < -0.4 is 10.1 Å². The molecular weight excluding hydrogens is 323 g/mol. The van der Waals surface area contributed by atoms with E-state index in [1.54, 1.807) is 12.1 Å². The van der Waals surface area contributed by atoms with Crippen LogP contribution in [0.3, 0.4) is 0 Å². The molecule has 1 aromatic carbocycles. The van der Waals surface area contributed by atoms with Crippen molar-refractivity contribution in [2.45, 2.75) is 32.2 Å². The van der Waals surface area contributed by atoms with Gasteiger partial charge in [0.2, 0.25) is 0 Å². The van der Waals surface area contributed by atoms with Crippen molar-refractivity contribution in [1.82, 2.24) is 10.2 Å².